The summed E-state index contributed by atoms with van der Waals surface area (Å²) in [7, 11) is 0. The summed E-state index contributed by atoms with van der Waals surface area (Å²) in [5.74, 6) is -3.89. The van der Waals surface area contributed by atoms with Gasteiger partial charge in [0.15, 0.2) is 0 Å². The van der Waals surface area contributed by atoms with Gasteiger partial charge in [-0.1, -0.05) is 18.2 Å². The zero-order chi connectivity index (χ0) is 13.9. The van der Waals surface area contributed by atoms with Gasteiger partial charge in [0.05, 0.1) is 5.69 Å². The molecule has 1 heterocycles. The monoisotopic (exact) mass is 271 g/mol. The molecule has 0 amide bonds. The van der Waals surface area contributed by atoms with Gasteiger partial charge >= 0.3 is 0 Å². The number of halogens is 3. The lowest BCUT2D eigenvalue weighted by Gasteiger charge is -2.27. The van der Waals surface area contributed by atoms with Gasteiger partial charge in [-0.15, -0.1) is 0 Å². The number of rotatable bonds is 0. The van der Waals surface area contributed by atoms with Crippen LogP contribution in [0.1, 0.15) is 11.1 Å². The first-order chi connectivity index (χ1) is 9.59. The summed E-state index contributed by atoms with van der Waals surface area (Å²) in [6.07, 6.45) is 1.58. The van der Waals surface area contributed by atoms with E-state index in [1.165, 1.54) is 18.2 Å². The molecule has 1 aliphatic carbocycles. The van der Waals surface area contributed by atoms with Gasteiger partial charge in [-0.2, -0.15) is 8.78 Å². The summed E-state index contributed by atoms with van der Waals surface area (Å²) in [6.45, 7) is 0. The third kappa shape index (κ3) is 1.31. The molecule has 98 valence electrons. The van der Waals surface area contributed by atoms with E-state index in [-0.39, 0.29) is 11.1 Å². The molecule has 0 fully saturated rings. The molecular weight excluding hydrogens is 263 g/mol. The molecule has 0 aliphatic heterocycles. The molecule has 0 atom stereocenters. The number of hydrogen-bond acceptors (Lipinski definition) is 1. The Hall–Kier alpha value is -2.36. The van der Waals surface area contributed by atoms with Gasteiger partial charge in [0.25, 0.3) is 5.92 Å². The maximum atomic E-state index is 14.6. The number of hydrogen-bond donors (Lipinski definition) is 0. The Bertz CT molecular complexity index is 850. The summed E-state index contributed by atoms with van der Waals surface area (Å²) < 4.78 is 42.6. The van der Waals surface area contributed by atoms with E-state index < -0.39 is 11.7 Å². The second-order valence-electron chi connectivity index (χ2n) is 4.83. The molecule has 0 N–H and O–H groups in total. The van der Waals surface area contributed by atoms with Crippen molar-refractivity contribution in [3.8, 4) is 11.3 Å². The quantitative estimate of drug-likeness (QED) is 0.587. The van der Waals surface area contributed by atoms with Crippen molar-refractivity contribution in [1.82, 2.24) is 4.98 Å². The first-order valence-electron chi connectivity index (χ1n) is 6.15. The van der Waals surface area contributed by atoms with Crippen LogP contribution in [0.2, 0.25) is 0 Å². The Morgan fingerprint density at radius 1 is 0.950 bits per heavy atom. The Labute approximate surface area is 112 Å². The zero-order valence-electron chi connectivity index (χ0n) is 10.2. The standard InChI is InChI=1S/C16H8F3N/c17-10-4-5-11-13(8-10)16(18,19)12-3-1-2-9-6-7-20-15(11)14(9)12/h1-8H. The summed E-state index contributed by atoms with van der Waals surface area (Å²) in [5, 5.41) is 1.15. The van der Waals surface area contributed by atoms with Crippen LogP contribution in [-0.2, 0) is 5.92 Å². The lowest BCUT2D eigenvalue weighted by molar-refractivity contribution is 0.0439. The molecule has 1 aromatic heterocycles. The van der Waals surface area contributed by atoms with Gasteiger partial charge in [-0.3, -0.25) is 4.98 Å². The van der Waals surface area contributed by atoms with Crippen molar-refractivity contribution in [2.24, 2.45) is 0 Å². The van der Waals surface area contributed by atoms with Crippen molar-refractivity contribution >= 4 is 10.8 Å². The number of nitrogens with zero attached hydrogens (tertiary/aromatic N) is 1. The highest BCUT2D eigenvalue weighted by molar-refractivity contribution is 6.00. The Kier molecular flexibility index (Phi) is 2.06. The van der Waals surface area contributed by atoms with E-state index in [0.717, 1.165) is 6.07 Å². The maximum absolute atomic E-state index is 14.6. The minimum atomic E-state index is -3.22. The Morgan fingerprint density at radius 2 is 1.80 bits per heavy atom. The summed E-state index contributed by atoms with van der Waals surface area (Å²) in [4.78, 5) is 4.22. The fourth-order valence-corrected chi connectivity index (χ4v) is 2.82. The van der Waals surface area contributed by atoms with E-state index in [1.54, 1.807) is 24.4 Å². The molecule has 0 unspecified atom stereocenters. The van der Waals surface area contributed by atoms with E-state index in [2.05, 4.69) is 4.98 Å². The van der Waals surface area contributed by atoms with Crippen molar-refractivity contribution in [1.29, 1.82) is 0 Å². The van der Waals surface area contributed by atoms with E-state index in [1.807, 2.05) is 0 Å². The molecule has 0 saturated heterocycles. The van der Waals surface area contributed by atoms with Gasteiger partial charge in [0.1, 0.15) is 5.82 Å². The molecule has 4 rings (SSSR count). The van der Waals surface area contributed by atoms with Crippen molar-refractivity contribution in [2.75, 3.05) is 0 Å². The topological polar surface area (TPSA) is 12.9 Å². The second-order valence-corrected chi connectivity index (χ2v) is 4.83. The van der Waals surface area contributed by atoms with Crippen molar-refractivity contribution in [3.05, 3.63) is 65.6 Å². The van der Waals surface area contributed by atoms with Crippen LogP contribution in [0.3, 0.4) is 0 Å². The van der Waals surface area contributed by atoms with Crippen LogP contribution >= 0.6 is 0 Å². The third-order valence-corrected chi connectivity index (χ3v) is 3.70. The molecule has 0 spiro atoms. The zero-order valence-corrected chi connectivity index (χ0v) is 10.2. The average molecular weight is 271 g/mol. The predicted molar refractivity (Wildman–Crippen MR) is 70.1 cm³/mol. The van der Waals surface area contributed by atoms with Crippen molar-refractivity contribution in [2.45, 2.75) is 5.92 Å². The SMILES string of the molecule is Fc1ccc2c(c1)C(F)(F)c1cccc3ccnc-2c13. The van der Waals surface area contributed by atoms with Crippen molar-refractivity contribution < 1.29 is 13.2 Å². The summed E-state index contributed by atoms with van der Waals surface area (Å²) >= 11 is 0. The summed E-state index contributed by atoms with van der Waals surface area (Å²) in [5.41, 5.74) is 0.340. The van der Waals surface area contributed by atoms with Gasteiger partial charge in [0, 0.05) is 28.3 Å². The highest BCUT2D eigenvalue weighted by Gasteiger charge is 2.42. The van der Waals surface area contributed by atoms with E-state index in [9.17, 15) is 13.2 Å². The first kappa shape index (κ1) is 11.5. The van der Waals surface area contributed by atoms with Crippen LogP contribution < -0.4 is 0 Å². The molecule has 20 heavy (non-hydrogen) atoms. The smallest absolute Gasteiger partial charge is 0.256 e. The Morgan fingerprint density at radius 3 is 2.65 bits per heavy atom. The second kappa shape index (κ2) is 3.60. The van der Waals surface area contributed by atoms with E-state index in [4.69, 9.17) is 0 Å². The molecular formula is C16H8F3N. The van der Waals surface area contributed by atoms with E-state index in [0.29, 0.717) is 22.0 Å². The summed E-state index contributed by atoms with van der Waals surface area (Å²) in [6, 6.07) is 9.88. The molecule has 1 nitrogen and oxygen atoms in total. The van der Waals surface area contributed by atoms with Crippen molar-refractivity contribution in [3.63, 3.8) is 0 Å². The fraction of sp³-hybridized carbons (Fsp3) is 0.0625. The molecule has 0 saturated carbocycles. The minimum absolute atomic E-state index is 0.115. The number of pyridine rings is 1. The van der Waals surface area contributed by atoms with Gasteiger partial charge in [-0.25, -0.2) is 4.39 Å². The number of benzene rings is 2. The molecule has 3 aromatic rings. The number of alkyl halides is 2. The molecule has 4 heteroatoms. The lowest BCUT2D eigenvalue weighted by atomic mass is 9.84. The van der Waals surface area contributed by atoms with Gasteiger partial charge in [-0.05, 0) is 29.7 Å². The maximum Gasteiger partial charge on any atom is 0.299 e. The molecule has 1 aliphatic rings. The Balaban J connectivity index is 2.25. The third-order valence-electron chi connectivity index (χ3n) is 3.70. The van der Waals surface area contributed by atoms with E-state index >= 15 is 0 Å². The fourth-order valence-electron chi connectivity index (χ4n) is 2.82. The highest BCUT2D eigenvalue weighted by Crippen LogP contribution is 2.49. The van der Waals surface area contributed by atoms with Crippen LogP contribution in [-0.4, -0.2) is 4.98 Å². The largest absolute Gasteiger partial charge is 0.299 e. The van der Waals surface area contributed by atoms with Crippen LogP contribution in [0, 0.1) is 5.82 Å². The molecule has 2 aromatic carbocycles. The first-order valence-corrected chi connectivity index (χ1v) is 6.15. The normalized spacial score (nSPS) is 15.2. The van der Waals surface area contributed by atoms with Crippen LogP contribution in [0.5, 0.6) is 0 Å². The van der Waals surface area contributed by atoms with Gasteiger partial charge < -0.3 is 0 Å². The molecule has 0 radical (unpaired) electrons. The lowest BCUT2D eigenvalue weighted by Crippen LogP contribution is -2.21. The number of fused-ring (bicyclic) bond motifs is 2. The average Bonchev–Trinajstić information content (AvgIpc) is 2.45. The van der Waals surface area contributed by atoms with Gasteiger partial charge in [0.2, 0.25) is 0 Å². The van der Waals surface area contributed by atoms with Crippen LogP contribution in [0.25, 0.3) is 22.0 Å². The minimum Gasteiger partial charge on any atom is -0.256 e. The highest BCUT2D eigenvalue weighted by atomic mass is 19.3. The number of aromatic nitrogens is 1. The predicted octanol–water partition coefficient (Wildman–Crippen LogP) is 4.49. The van der Waals surface area contributed by atoms with Crippen LogP contribution in [0.4, 0.5) is 13.2 Å². The van der Waals surface area contributed by atoms with Crippen LogP contribution in [0.15, 0.2) is 48.7 Å². The molecule has 0 bridgehead atoms.